The summed E-state index contributed by atoms with van der Waals surface area (Å²) in [6.45, 7) is 5.16. The number of aryl methyl sites for hydroxylation is 3. The highest BCUT2D eigenvalue weighted by molar-refractivity contribution is 6.03. The average molecular weight is 643 g/mol. The van der Waals surface area contributed by atoms with Gasteiger partial charge in [0.2, 0.25) is 5.95 Å². The highest BCUT2D eigenvalue weighted by Gasteiger charge is 2.50. The molecule has 4 aromatic heterocycles. The Labute approximate surface area is 280 Å². The van der Waals surface area contributed by atoms with Crippen LogP contribution in [0.2, 0.25) is 0 Å². The van der Waals surface area contributed by atoms with E-state index in [0.717, 1.165) is 59.5 Å². The number of carbonyl (C=O) groups excluding carboxylic acids is 1. The number of urea groups is 1. The zero-order valence-corrected chi connectivity index (χ0v) is 27.8. The van der Waals surface area contributed by atoms with Gasteiger partial charge in [-0.3, -0.25) is 14.7 Å². The first-order valence-corrected chi connectivity index (χ1v) is 16.3. The van der Waals surface area contributed by atoms with Gasteiger partial charge in [0, 0.05) is 55.9 Å². The van der Waals surface area contributed by atoms with Gasteiger partial charge < -0.3 is 5.32 Å². The highest BCUT2D eigenvalue weighted by Crippen LogP contribution is 2.43. The maximum Gasteiger partial charge on any atom is 0.441 e. The Hall–Kier alpha value is -5.70. The number of nitrogens with one attached hydrogen (secondary N) is 2. The van der Waals surface area contributed by atoms with Gasteiger partial charge in [-0.2, -0.15) is 20.0 Å². The lowest BCUT2D eigenvalue weighted by molar-refractivity contribution is -0.337. The molecule has 1 aliphatic rings. The van der Waals surface area contributed by atoms with E-state index in [1.54, 1.807) is 26.3 Å². The summed E-state index contributed by atoms with van der Waals surface area (Å²) in [7, 11) is 3.72. The molecule has 2 atom stereocenters. The standard InChI is InChI=1S/C36H39N11O/c1-5-10-29-30(13-9-16-38-35-40-21-27(18-37)33(43-35)31-17-24(2)44-46(31)4)34(29)47(36(48)41-19-25-11-7-6-8-12-25)32-15-14-26(20-39-32)28-22-42-45(3)23-28/h6-8,11-12,14-15,17,20-23,29-30H,5,9-10,13,16,19H2,1-4H3,(H-,38,40,41,43,48)/p+1/b47-34-. The Morgan fingerprint density at radius 3 is 2.50 bits per heavy atom. The minimum atomic E-state index is -0.180. The minimum absolute atomic E-state index is 0.180. The van der Waals surface area contributed by atoms with Gasteiger partial charge in [0.15, 0.2) is 0 Å². The van der Waals surface area contributed by atoms with Crippen molar-refractivity contribution in [3.63, 3.8) is 0 Å². The first-order chi connectivity index (χ1) is 23.4. The maximum absolute atomic E-state index is 13.9. The molecule has 1 fully saturated rings. The summed E-state index contributed by atoms with van der Waals surface area (Å²) in [5.41, 5.74) is 6.62. The topological polar surface area (TPSA) is 142 Å². The fourth-order valence-electron chi connectivity index (χ4n) is 6.27. The lowest BCUT2D eigenvalue weighted by atomic mass is 10.1. The van der Waals surface area contributed by atoms with Gasteiger partial charge >= 0.3 is 6.03 Å². The summed E-state index contributed by atoms with van der Waals surface area (Å²) in [4.78, 5) is 27.7. The normalized spacial score (nSPS) is 16.3. The van der Waals surface area contributed by atoms with Crippen LogP contribution in [-0.4, -0.2) is 57.4 Å². The Bertz CT molecular complexity index is 1970. The molecule has 12 nitrogen and oxygen atoms in total. The summed E-state index contributed by atoms with van der Waals surface area (Å²) >= 11 is 0. The molecule has 48 heavy (non-hydrogen) atoms. The molecule has 244 valence electrons. The number of aromatic nitrogens is 7. The third-order valence-corrected chi connectivity index (χ3v) is 8.63. The van der Waals surface area contributed by atoms with Crippen molar-refractivity contribution in [2.75, 3.05) is 11.9 Å². The quantitative estimate of drug-likeness (QED) is 0.129. The Balaban J connectivity index is 1.20. The summed E-state index contributed by atoms with van der Waals surface area (Å²) in [6.07, 6.45) is 10.9. The monoisotopic (exact) mass is 642 g/mol. The molecule has 2 unspecified atom stereocenters. The second-order valence-electron chi connectivity index (χ2n) is 12.1. The van der Waals surface area contributed by atoms with Crippen LogP contribution in [0, 0.1) is 30.1 Å². The molecule has 0 bridgehead atoms. The number of benzene rings is 1. The molecular weight excluding hydrogens is 602 g/mol. The summed E-state index contributed by atoms with van der Waals surface area (Å²) in [5.74, 6) is 1.62. The molecule has 12 heteroatoms. The number of hydrogen-bond acceptors (Lipinski definition) is 8. The maximum atomic E-state index is 13.9. The molecule has 4 heterocycles. The Morgan fingerprint density at radius 1 is 1.02 bits per heavy atom. The third-order valence-electron chi connectivity index (χ3n) is 8.63. The molecule has 2 N–H and O–H groups in total. The summed E-state index contributed by atoms with van der Waals surface area (Å²) in [5, 5.41) is 24.8. The van der Waals surface area contributed by atoms with Crippen LogP contribution in [0.15, 0.2) is 73.3 Å². The van der Waals surface area contributed by atoms with Crippen LogP contribution in [-0.2, 0) is 20.6 Å². The molecular formula is C36H40N11O+. The lowest BCUT2D eigenvalue weighted by Gasteiger charge is -2.08. The van der Waals surface area contributed by atoms with Crippen molar-refractivity contribution in [2.45, 2.75) is 46.1 Å². The fraction of sp³-hybridized carbons (Fsp3) is 0.333. The zero-order valence-electron chi connectivity index (χ0n) is 27.8. The number of amides is 2. The van der Waals surface area contributed by atoms with Crippen LogP contribution in [0.25, 0.3) is 22.5 Å². The van der Waals surface area contributed by atoms with Gasteiger partial charge in [-0.05, 0) is 43.9 Å². The van der Waals surface area contributed by atoms with Crippen molar-refractivity contribution in [1.82, 2.24) is 39.8 Å². The van der Waals surface area contributed by atoms with E-state index in [1.165, 1.54) is 0 Å². The number of nitrogens with zero attached hydrogens (tertiary/aromatic N) is 9. The van der Waals surface area contributed by atoms with E-state index < -0.39 is 0 Å². The van der Waals surface area contributed by atoms with Crippen LogP contribution >= 0.6 is 0 Å². The number of anilines is 1. The fourth-order valence-corrected chi connectivity index (χ4v) is 6.27. The molecule has 2 amide bonds. The van der Waals surface area contributed by atoms with E-state index in [9.17, 15) is 10.1 Å². The van der Waals surface area contributed by atoms with Crippen LogP contribution in [0.5, 0.6) is 0 Å². The second-order valence-corrected chi connectivity index (χ2v) is 12.1. The smallest absolute Gasteiger partial charge is 0.354 e. The third kappa shape index (κ3) is 7.15. The molecule has 0 aliphatic heterocycles. The number of pyridine rings is 1. The van der Waals surface area contributed by atoms with Crippen molar-refractivity contribution >= 4 is 23.5 Å². The van der Waals surface area contributed by atoms with Crippen LogP contribution in [0.4, 0.5) is 16.6 Å². The highest BCUT2D eigenvalue weighted by atomic mass is 16.2. The number of nitriles is 1. The van der Waals surface area contributed by atoms with E-state index in [1.807, 2.05) is 81.9 Å². The van der Waals surface area contributed by atoms with Crippen LogP contribution in [0.1, 0.15) is 49.4 Å². The van der Waals surface area contributed by atoms with Gasteiger partial charge in [0.05, 0.1) is 41.6 Å². The van der Waals surface area contributed by atoms with Gasteiger partial charge in [-0.1, -0.05) is 43.7 Å². The van der Waals surface area contributed by atoms with E-state index in [4.69, 9.17) is 4.98 Å². The van der Waals surface area contributed by atoms with Crippen molar-refractivity contribution in [3.05, 3.63) is 90.1 Å². The van der Waals surface area contributed by atoms with E-state index >= 15 is 0 Å². The van der Waals surface area contributed by atoms with Gasteiger partial charge in [-0.15, -0.1) is 4.98 Å². The molecule has 0 radical (unpaired) electrons. The average Bonchev–Trinajstić information content (AvgIpc) is 3.36. The van der Waals surface area contributed by atoms with Gasteiger partial charge in [0.1, 0.15) is 18.0 Å². The molecule has 5 aromatic rings. The van der Waals surface area contributed by atoms with Gasteiger partial charge in [0.25, 0.3) is 5.82 Å². The predicted molar refractivity (Wildman–Crippen MR) is 183 cm³/mol. The first-order valence-electron chi connectivity index (χ1n) is 16.3. The molecule has 1 aliphatic carbocycles. The number of hydrogen-bond donors (Lipinski definition) is 2. The van der Waals surface area contributed by atoms with Crippen molar-refractivity contribution in [3.8, 4) is 28.6 Å². The zero-order chi connectivity index (χ0) is 33.6. The Kier molecular flexibility index (Phi) is 9.66. The second kappa shape index (κ2) is 14.4. The molecule has 6 rings (SSSR count). The predicted octanol–water partition coefficient (Wildman–Crippen LogP) is 5.79. The van der Waals surface area contributed by atoms with Crippen LogP contribution in [0.3, 0.4) is 0 Å². The first kappa shape index (κ1) is 32.2. The lowest BCUT2D eigenvalue weighted by Crippen LogP contribution is -2.32. The largest absolute Gasteiger partial charge is 0.441 e. The number of carbonyl (C=O) groups is 1. The minimum Gasteiger partial charge on any atom is -0.354 e. The number of rotatable bonds is 12. The van der Waals surface area contributed by atoms with Crippen molar-refractivity contribution < 1.29 is 9.37 Å². The Morgan fingerprint density at radius 2 is 1.83 bits per heavy atom. The molecule has 0 saturated heterocycles. The van der Waals surface area contributed by atoms with Crippen molar-refractivity contribution in [1.29, 1.82) is 5.26 Å². The summed E-state index contributed by atoms with van der Waals surface area (Å²) < 4.78 is 5.28. The van der Waals surface area contributed by atoms with Crippen molar-refractivity contribution in [2.24, 2.45) is 25.9 Å². The SMILES string of the molecule is CCCC1/C(=[N+](/C(=O)NCc2ccccc2)c2ccc(-c3cnn(C)c3)cn2)C1CCCNc1ncc(C#N)c(-c2cc(C)nn2C)n1. The van der Waals surface area contributed by atoms with E-state index in [0.29, 0.717) is 42.0 Å². The molecule has 1 saturated carbocycles. The molecule has 0 spiro atoms. The molecule has 1 aromatic carbocycles. The van der Waals surface area contributed by atoms with Crippen LogP contribution < -0.4 is 10.6 Å². The van der Waals surface area contributed by atoms with Gasteiger partial charge in [-0.25, -0.2) is 14.8 Å². The summed E-state index contributed by atoms with van der Waals surface area (Å²) in [6, 6.07) is 17.7. The van der Waals surface area contributed by atoms with E-state index in [2.05, 4.69) is 43.8 Å². The van der Waals surface area contributed by atoms with E-state index in [-0.39, 0.29) is 11.9 Å².